The molecule has 0 spiro atoms. The van der Waals surface area contributed by atoms with Crippen LogP contribution in [0.4, 0.5) is 17.6 Å². The van der Waals surface area contributed by atoms with Crippen molar-refractivity contribution in [3.05, 3.63) is 17.7 Å². The summed E-state index contributed by atoms with van der Waals surface area (Å²) in [6, 6.07) is 2.88. The molecule has 3 nitrogen and oxygen atoms in total. The Kier molecular flexibility index (Phi) is 6.18. The Morgan fingerprint density at radius 3 is 2.38 bits per heavy atom. The molecule has 0 saturated heterocycles. The zero-order valence-electron chi connectivity index (χ0n) is 13.8. The second-order valence-electron chi connectivity index (χ2n) is 5.90. The zero-order valence-corrected chi connectivity index (χ0v) is 13.8. The van der Waals surface area contributed by atoms with Crippen molar-refractivity contribution in [1.82, 2.24) is 0 Å². The second kappa shape index (κ2) is 7.94. The topological polar surface area (TPSA) is 27.7 Å². The minimum absolute atomic E-state index is 0.0383. The molecule has 0 heterocycles. The van der Waals surface area contributed by atoms with Crippen molar-refractivity contribution in [3.63, 3.8) is 0 Å². The van der Waals surface area contributed by atoms with Crippen molar-refractivity contribution in [3.8, 4) is 17.2 Å². The summed E-state index contributed by atoms with van der Waals surface area (Å²) >= 11 is 0. The van der Waals surface area contributed by atoms with Gasteiger partial charge in [0.25, 0.3) is 0 Å². The average Bonchev–Trinajstić information content (AvgIpc) is 3.01. The SMILES string of the molecule is CCC(F)COc1ccc(OC2CCCC2)c(OC(F)(F)F)c1C. The van der Waals surface area contributed by atoms with Crippen LogP contribution in [0.25, 0.3) is 0 Å². The molecule has 0 aliphatic heterocycles. The summed E-state index contributed by atoms with van der Waals surface area (Å²) in [7, 11) is 0. The van der Waals surface area contributed by atoms with E-state index in [-0.39, 0.29) is 36.2 Å². The first kappa shape index (κ1) is 18.7. The van der Waals surface area contributed by atoms with Gasteiger partial charge in [0.15, 0.2) is 11.5 Å². The van der Waals surface area contributed by atoms with Crippen molar-refractivity contribution in [1.29, 1.82) is 0 Å². The highest BCUT2D eigenvalue weighted by Gasteiger charge is 2.34. The van der Waals surface area contributed by atoms with Gasteiger partial charge in [0, 0.05) is 5.56 Å². The summed E-state index contributed by atoms with van der Waals surface area (Å²) in [5, 5.41) is 0. The van der Waals surface area contributed by atoms with Crippen LogP contribution in [0.1, 0.15) is 44.6 Å². The first-order valence-electron chi connectivity index (χ1n) is 8.13. The summed E-state index contributed by atoms with van der Waals surface area (Å²) in [4.78, 5) is 0. The van der Waals surface area contributed by atoms with Crippen molar-refractivity contribution in [2.75, 3.05) is 6.61 Å². The van der Waals surface area contributed by atoms with E-state index in [4.69, 9.17) is 9.47 Å². The molecule has 136 valence electrons. The second-order valence-corrected chi connectivity index (χ2v) is 5.90. The summed E-state index contributed by atoms with van der Waals surface area (Å²) in [5.41, 5.74) is 0.145. The van der Waals surface area contributed by atoms with E-state index in [0.717, 1.165) is 25.7 Å². The van der Waals surface area contributed by atoms with Crippen LogP contribution in [0.15, 0.2) is 12.1 Å². The average molecular weight is 350 g/mol. The Hall–Kier alpha value is -1.66. The first-order chi connectivity index (χ1) is 11.3. The molecular formula is C17H22F4O3. The summed E-state index contributed by atoms with van der Waals surface area (Å²) in [5.74, 6) is -0.223. The Morgan fingerprint density at radius 1 is 1.17 bits per heavy atom. The molecule has 0 bridgehead atoms. The Morgan fingerprint density at radius 2 is 1.79 bits per heavy atom. The fraction of sp³-hybridized carbons (Fsp3) is 0.647. The summed E-state index contributed by atoms with van der Waals surface area (Å²) in [6.07, 6.45) is -2.25. The third-order valence-electron chi connectivity index (χ3n) is 4.00. The lowest BCUT2D eigenvalue weighted by atomic mass is 10.1. The summed E-state index contributed by atoms with van der Waals surface area (Å²) in [6.45, 7) is 2.89. The maximum Gasteiger partial charge on any atom is 0.573 e. The number of hydrogen-bond acceptors (Lipinski definition) is 3. The van der Waals surface area contributed by atoms with Crippen LogP contribution in [0.5, 0.6) is 17.2 Å². The van der Waals surface area contributed by atoms with Crippen molar-refractivity contribution in [2.24, 2.45) is 0 Å². The fourth-order valence-electron chi connectivity index (χ4n) is 2.62. The van der Waals surface area contributed by atoms with Crippen molar-refractivity contribution in [2.45, 2.75) is 64.6 Å². The lowest BCUT2D eigenvalue weighted by molar-refractivity contribution is -0.275. The van der Waals surface area contributed by atoms with Crippen LogP contribution >= 0.6 is 0 Å². The van der Waals surface area contributed by atoms with Gasteiger partial charge in [-0.1, -0.05) is 6.92 Å². The molecule has 7 heteroatoms. The molecule has 2 rings (SSSR count). The van der Waals surface area contributed by atoms with Crippen LogP contribution in [-0.4, -0.2) is 25.2 Å². The molecule has 1 fully saturated rings. The molecule has 1 aromatic rings. The number of ether oxygens (including phenoxy) is 3. The Labute approximate surface area is 138 Å². The lowest BCUT2D eigenvalue weighted by Crippen LogP contribution is -2.20. The minimum Gasteiger partial charge on any atom is -0.490 e. The largest absolute Gasteiger partial charge is 0.573 e. The molecule has 1 saturated carbocycles. The number of benzene rings is 1. The molecule has 0 radical (unpaired) electrons. The number of alkyl halides is 4. The van der Waals surface area contributed by atoms with Gasteiger partial charge in [0.05, 0.1) is 6.10 Å². The molecule has 0 aromatic heterocycles. The molecule has 1 unspecified atom stereocenters. The first-order valence-corrected chi connectivity index (χ1v) is 8.13. The van der Waals surface area contributed by atoms with Crippen LogP contribution < -0.4 is 14.2 Å². The Balaban J connectivity index is 2.24. The van der Waals surface area contributed by atoms with E-state index in [9.17, 15) is 17.6 Å². The molecule has 24 heavy (non-hydrogen) atoms. The van der Waals surface area contributed by atoms with Gasteiger partial charge in [0.1, 0.15) is 18.5 Å². The number of rotatable bonds is 7. The monoisotopic (exact) mass is 350 g/mol. The van der Waals surface area contributed by atoms with E-state index in [1.807, 2.05) is 0 Å². The molecule has 0 N–H and O–H groups in total. The van der Waals surface area contributed by atoms with E-state index in [0.29, 0.717) is 0 Å². The van der Waals surface area contributed by atoms with Gasteiger partial charge in [0.2, 0.25) is 0 Å². The molecule has 1 aromatic carbocycles. The molecule has 1 aliphatic carbocycles. The van der Waals surface area contributed by atoms with E-state index in [1.54, 1.807) is 6.92 Å². The smallest absolute Gasteiger partial charge is 0.490 e. The standard InChI is InChI=1S/C17H22F4O3/c1-3-12(18)10-22-14-8-9-15(23-13-6-4-5-7-13)16(11(14)2)24-17(19,20)21/h8-9,12-13H,3-7,10H2,1-2H3. The van der Waals surface area contributed by atoms with Crippen molar-refractivity contribution < 1.29 is 31.8 Å². The lowest BCUT2D eigenvalue weighted by Gasteiger charge is -2.21. The van der Waals surface area contributed by atoms with Gasteiger partial charge in [-0.25, -0.2) is 4.39 Å². The predicted octanol–water partition coefficient (Wildman–Crippen LogP) is 5.34. The molecule has 0 amide bonds. The highest BCUT2D eigenvalue weighted by molar-refractivity contribution is 5.53. The van der Waals surface area contributed by atoms with Crippen LogP contribution in [0.3, 0.4) is 0 Å². The number of halogens is 4. The van der Waals surface area contributed by atoms with E-state index in [1.165, 1.54) is 19.1 Å². The third-order valence-corrected chi connectivity index (χ3v) is 4.00. The highest BCUT2D eigenvalue weighted by Crippen LogP contribution is 2.41. The van der Waals surface area contributed by atoms with Gasteiger partial charge in [-0.05, 0) is 51.2 Å². The molecule has 1 atom stereocenters. The minimum atomic E-state index is -4.84. The van der Waals surface area contributed by atoms with Crippen LogP contribution in [0, 0.1) is 6.92 Å². The predicted molar refractivity (Wildman–Crippen MR) is 81.4 cm³/mol. The highest BCUT2D eigenvalue weighted by atomic mass is 19.4. The quantitative estimate of drug-likeness (QED) is 0.621. The van der Waals surface area contributed by atoms with Gasteiger partial charge >= 0.3 is 6.36 Å². The normalized spacial score (nSPS) is 16.9. The van der Waals surface area contributed by atoms with Gasteiger partial charge < -0.3 is 14.2 Å². The molecule has 1 aliphatic rings. The third kappa shape index (κ3) is 5.18. The van der Waals surface area contributed by atoms with E-state index >= 15 is 0 Å². The zero-order chi connectivity index (χ0) is 17.7. The van der Waals surface area contributed by atoms with Crippen LogP contribution in [0.2, 0.25) is 0 Å². The van der Waals surface area contributed by atoms with Gasteiger partial charge in [-0.2, -0.15) is 0 Å². The molecular weight excluding hydrogens is 328 g/mol. The van der Waals surface area contributed by atoms with Crippen LogP contribution in [-0.2, 0) is 0 Å². The summed E-state index contributed by atoms with van der Waals surface area (Å²) < 4.78 is 66.6. The van der Waals surface area contributed by atoms with Gasteiger partial charge in [-0.15, -0.1) is 13.2 Å². The van der Waals surface area contributed by atoms with Gasteiger partial charge in [-0.3, -0.25) is 0 Å². The maximum absolute atomic E-state index is 13.3. The Bertz CT molecular complexity index is 539. The fourth-order valence-corrected chi connectivity index (χ4v) is 2.62. The number of hydrogen-bond donors (Lipinski definition) is 0. The maximum atomic E-state index is 13.3. The van der Waals surface area contributed by atoms with Crippen molar-refractivity contribution >= 4 is 0 Å². The van der Waals surface area contributed by atoms with E-state index < -0.39 is 18.3 Å². The van der Waals surface area contributed by atoms with E-state index in [2.05, 4.69) is 4.74 Å².